The molecule has 0 saturated heterocycles. The molecule has 4 heteroatoms. The van der Waals surface area contributed by atoms with Crippen molar-refractivity contribution >= 4 is 0 Å². The second kappa shape index (κ2) is 7.04. The highest BCUT2D eigenvalue weighted by Gasteiger charge is 2.16. The molecule has 1 aromatic carbocycles. The number of hydrogen-bond donors (Lipinski definition) is 1. The van der Waals surface area contributed by atoms with E-state index in [2.05, 4.69) is 6.58 Å². The summed E-state index contributed by atoms with van der Waals surface area (Å²) < 4.78 is 23.7. The first kappa shape index (κ1) is 13.7. The largest absolute Gasteiger partial charge is 0.496 e. The van der Waals surface area contributed by atoms with Gasteiger partial charge in [-0.2, -0.15) is 0 Å². The monoisotopic (exact) mass is 240 g/mol. The molecule has 0 aliphatic carbocycles. The fraction of sp³-hybridized carbons (Fsp3) is 0.385. The maximum absolute atomic E-state index is 13.2. The highest BCUT2D eigenvalue weighted by atomic mass is 19.1. The van der Waals surface area contributed by atoms with Gasteiger partial charge in [0, 0.05) is 5.56 Å². The number of hydrogen-bond acceptors (Lipinski definition) is 3. The van der Waals surface area contributed by atoms with E-state index < -0.39 is 6.10 Å². The molecular formula is C13H17FO3. The second-order valence-electron chi connectivity index (χ2n) is 3.51. The number of rotatable bonds is 7. The average Bonchev–Trinajstić information content (AvgIpc) is 2.35. The van der Waals surface area contributed by atoms with Crippen molar-refractivity contribution in [1.29, 1.82) is 0 Å². The Labute approximate surface area is 100 Å². The van der Waals surface area contributed by atoms with E-state index in [4.69, 9.17) is 9.47 Å². The zero-order chi connectivity index (χ0) is 12.7. The summed E-state index contributed by atoms with van der Waals surface area (Å²) in [6, 6.07) is 4.14. The summed E-state index contributed by atoms with van der Waals surface area (Å²) in [6.45, 7) is 3.78. The van der Waals surface area contributed by atoms with Crippen molar-refractivity contribution in [2.45, 2.75) is 12.5 Å². The molecule has 1 unspecified atom stereocenters. The van der Waals surface area contributed by atoms with Crippen molar-refractivity contribution in [3.63, 3.8) is 0 Å². The van der Waals surface area contributed by atoms with Gasteiger partial charge in [-0.15, -0.1) is 6.58 Å². The molecule has 1 aromatic rings. The molecule has 1 rings (SSSR count). The van der Waals surface area contributed by atoms with Crippen LogP contribution in [0.3, 0.4) is 0 Å². The molecule has 0 radical (unpaired) electrons. The molecule has 1 atom stereocenters. The Morgan fingerprint density at radius 3 is 2.88 bits per heavy atom. The van der Waals surface area contributed by atoms with Crippen molar-refractivity contribution in [1.82, 2.24) is 0 Å². The minimum atomic E-state index is -0.583. The van der Waals surface area contributed by atoms with Crippen LogP contribution in [-0.2, 0) is 4.74 Å². The zero-order valence-electron chi connectivity index (χ0n) is 9.86. The number of aliphatic hydroxyl groups excluding tert-OH is 1. The van der Waals surface area contributed by atoms with Gasteiger partial charge in [0.2, 0.25) is 0 Å². The van der Waals surface area contributed by atoms with E-state index in [9.17, 15) is 9.50 Å². The van der Waals surface area contributed by atoms with Crippen LogP contribution in [-0.4, -0.2) is 25.4 Å². The Kier molecular flexibility index (Phi) is 5.66. The molecule has 17 heavy (non-hydrogen) atoms. The number of aliphatic hydroxyl groups is 1. The van der Waals surface area contributed by atoms with Crippen LogP contribution in [0.2, 0.25) is 0 Å². The summed E-state index contributed by atoms with van der Waals surface area (Å²) in [5.41, 5.74) is 0.513. The third-order valence-electron chi connectivity index (χ3n) is 2.35. The van der Waals surface area contributed by atoms with Gasteiger partial charge >= 0.3 is 0 Å². The average molecular weight is 240 g/mol. The van der Waals surface area contributed by atoms with Crippen LogP contribution in [0.25, 0.3) is 0 Å². The van der Waals surface area contributed by atoms with E-state index in [1.807, 2.05) is 0 Å². The highest BCUT2D eigenvalue weighted by molar-refractivity contribution is 5.35. The first-order chi connectivity index (χ1) is 8.22. The maximum Gasteiger partial charge on any atom is 0.124 e. The van der Waals surface area contributed by atoms with Gasteiger partial charge in [-0.1, -0.05) is 6.08 Å². The van der Waals surface area contributed by atoms with E-state index in [1.165, 1.54) is 25.3 Å². The van der Waals surface area contributed by atoms with Crippen molar-refractivity contribution in [2.24, 2.45) is 0 Å². The summed E-state index contributed by atoms with van der Waals surface area (Å²) in [6.07, 6.45) is 1.81. The van der Waals surface area contributed by atoms with Crippen LogP contribution in [0.5, 0.6) is 5.75 Å². The van der Waals surface area contributed by atoms with Crippen molar-refractivity contribution in [3.8, 4) is 5.75 Å². The van der Waals surface area contributed by atoms with Gasteiger partial charge < -0.3 is 14.6 Å². The molecule has 0 aliphatic rings. The molecule has 1 N–H and O–H groups in total. The number of halogens is 1. The van der Waals surface area contributed by atoms with Gasteiger partial charge in [0.15, 0.2) is 0 Å². The van der Waals surface area contributed by atoms with E-state index in [1.54, 1.807) is 6.08 Å². The summed E-state index contributed by atoms with van der Waals surface area (Å²) >= 11 is 0. The third-order valence-corrected chi connectivity index (χ3v) is 2.35. The Bertz CT molecular complexity index is 366. The lowest BCUT2D eigenvalue weighted by Crippen LogP contribution is -2.11. The Balaban J connectivity index is 2.85. The molecule has 0 heterocycles. The minimum absolute atomic E-state index is 0.225. The quantitative estimate of drug-likeness (QED) is 0.587. The van der Waals surface area contributed by atoms with Crippen LogP contribution in [0.4, 0.5) is 4.39 Å². The number of ether oxygens (including phenoxy) is 2. The van der Waals surface area contributed by atoms with Crippen molar-refractivity contribution < 1.29 is 19.0 Å². The lowest BCUT2D eigenvalue weighted by molar-refractivity contribution is 0.0126. The fourth-order valence-corrected chi connectivity index (χ4v) is 1.49. The molecule has 0 saturated carbocycles. The zero-order valence-corrected chi connectivity index (χ0v) is 9.86. The number of benzene rings is 1. The lowest BCUT2D eigenvalue weighted by atomic mass is 10.1. The van der Waals surface area contributed by atoms with Crippen molar-refractivity contribution in [2.75, 3.05) is 20.3 Å². The Hall–Kier alpha value is -1.39. The van der Waals surface area contributed by atoms with Crippen molar-refractivity contribution in [3.05, 3.63) is 42.2 Å². The molecule has 0 aliphatic heterocycles. The first-order valence-electron chi connectivity index (χ1n) is 5.39. The van der Waals surface area contributed by atoms with E-state index in [0.717, 1.165) is 0 Å². The van der Waals surface area contributed by atoms with Gasteiger partial charge in [0.1, 0.15) is 17.7 Å². The summed E-state index contributed by atoms with van der Waals surface area (Å²) in [5.74, 6) is 0.121. The van der Waals surface area contributed by atoms with Crippen LogP contribution >= 0.6 is 0 Å². The number of methoxy groups -OCH3 is 1. The summed E-state index contributed by atoms with van der Waals surface area (Å²) in [7, 11) is 1.49. The second-order valence-corrected chi connectivity index (χ2v) is 3.51. The van der Waals surface area contributed by atoms with E-state index in [0.29, 0.717) is 24.3 Å². The molecular weight excluding hydrogens is 223 g/mol. The van der Waals surface area contributed by atoms with Gasteiger partial charge in [-0.3, -0.25) is 0 Å². The predicted octanol–water partition coefficient (Wildman–Crippen LogP) is 2.46. The van der Waals surface area contributed by atoms with Crippen LogP contribution in [0, 0.1) is 5.82 Å². The van der Waals surface area contributed by atoms with Gasteiger partial charge in [0.05, 0.1) is 20.3 Å². The molecule has 0 aromatic heterocycles. The van der Waals surface area contributed by atoms with Gasteiger partial charge in [-0.25, -0.2) is 4.39 Å². The molecule has 94 valence electrons. The van der Waals surface area contributed by atoms with Crippen LogP contribution in [0.1, 0.15) is 18.1 Å². The van der Waals surface area contributed by atoms with Gasteiger partial charge in [-0.05, 0) is 24.6 Å². The lowest BCUT2D eigenvalue weighted by Gasteiger charge is -2.18. The molecule has 0 fully saturated rings. The predicted molar refractivity (Wildman–Crippen MR) is 63.5 cm³/mol. The SMILES string of the molecule is C=CCCOC(CO)c1cc(F)ccc1OC. The first-order valence-corrected chi connectivity index (χ1v) is 5.39. The molecule has 3 nitrogen and oxygen atoms in total. The van der Waals surface area contributed by atoms with Gasteiger partial charge in [0.25, 0.3) is 0 Å². The standard InChI is InChI=1S/C13H17FO3/c1-3-4-7-17-13(9-15)11-8-10(14)5-6-12(11)16-2/h3,5-6,8,13,15H,1,4,7,9H2,2H3. The van der Waals surface area contributed by atoms with Crippen LogP contribution < -0.4 is 4.74 Å². The van der Waals surface area contributed by atoms with Crippen LogP contribution in [0.15, 0.2) is 30.9 Å². The third kappa shape index (κ3) is 3.84. The summed E-state index contributed by atoms with van der Waals surface area (Å²) in [4.78, 5) is 0. The minimum Gasteiger partial charge on any atom is -0.496 e. The normalized spacial score (nSPS) is 12.2. The summed E-state index contributed by atoms with van der Waals surface area (Å²) in [5, 5.41) is 9.26. The molecule has 0 bridgehead atoms. The topological polar surface area (TPSA) is 38.7 Å². The maximum atomic E-state index is 13.2. The molecule has 0 amide bonds. The Morgan fingerprint density at radius 1 is 1.53 bits per heavy atom. The fourth-order valence-electron chi connectivity index (χ4n) is 1.49. The highest BCUT2D eigenvalue weighted by Crippen LogP contribution is 2.28. The molecule has 0 spiro atoms. The Morgan fingerprint density at radius 2 is 2.29 bits per heavy atom. The van der Waals surface area contributed by atoms with E-state index >= 15 is 0 Å². The van der Waals surface area contributed by atoms with E-state index in [-0.39, 0.29) is 12.4 Å². The smallest absolute Gasteiger partial charge is 0.124 e.